The van der Waals surface area contributed by atoms with Gasteiger partial charge in [0.25, 0.3) is 0 Å². The van der Waals surface area contributed by atoms with E-state index in [4.69, 9.17) is 5.73 Å². The SMILES string of the molecule is CC(C)CC1CCNCC1CN. The minimum absolute atomic E-state index is 0.723. The van der Waals surface area contributed by atoms with E-state index in [-0.39, 0.29) is 0 Å². The summed E-state index contributed by atoms with van der Waals surface area (Å²) in [7, 11) is 0. The summed E-state index contributed by atoms with van der Waals surface area (Å²) in [5.41, 5.74) is 5.73. The van der Waals surface area contributed by atoms with Gasteiger partial charge in [0, 0.05) is 0 Å². The Morgan fingerprint density at radius 2 is 2.17 bits per heavy atom. The molecule has 0 spiro atoms. The summed E-state index contributed by atoms with van der Waals surface area (Å²) in [4.78, 5) is 0. The molecule has 12 heavy (non-hydrogen) atoms. The maximum absolute atomic E-state index is 5.73. The molecule has 0 saturated carbocycles. The Morgan fingerprint density at radius 3 is 2.75 bits per heavy atom. The molecule has 1 aliphatic heterocycles. The summed E-state index contributed by atoms with van der Waals surface area (Å²) in [6, 6.07) is 0. The molecule has 0 amide bonds. The van der Waals surface area contributed by atoms with Crippen molar-refractivity contribution in [3.63, 3.8) is 0 Å². The molecular formula is C10H22N2. The second kappa shape index (κ2) is 4.83. The maximum Gasteiger partial charge on any atom is -0.000579 e. The van der Waals surface area contributed by atoms with E-state index < -0.39 is 0 Å². The third kappa shape index (κ3) is 2.76. The van der Waals surface area contributed by atoms with Gasteiger partial charge in [-0.1, -0.05) is 13.8 Å². The van der Waals surface area contributed by atoms with Crippen LogP contribution in [0.3, 0.4) is 0 Å². The average Bonchev–Trinajstić information content (AvgIpc) is 2.04. The molecule has 3 N–H and O–H groups in total. The highest BCUT2D eigenvalue weighted by Gasteiger charge is 2.23. The van der Waals surface area contributed by atoms with Gasteiger partial charge in [-0.15, -0.1) is 0 Å². The van der Waals surface area contributed by atoms with Crippen molar-refractivity contribution < 1.29 is 0 Å². The van der Waals surface area contributed by atoms with Crippen LogP contribution in [0.2, 0.25) is 0 Å². The molecule has 1 rings (SSSR count). The zero-order chi connectivity index (χ0) is 8.97. The molecule has 0 bridgehead atoms. The zero-order valence-corrected chi connectivity index (χ0v) is 8.34. The molecule has 1 heterocycles. The van der Waals surface area contributed by atoms with Gasteiger partial charge in [-0.3, -0.25) is 0 Å². The van der Waals surface area contributed by atoms with Crippen molar-refractivity contribution in [1.29, 1.82) is 0 Å². The topological polar surface area (TPSA) is 38.0 Å². The number of nitrogens with one attached hydrogen (secondary N) is 1. The van der Waals surface area contributed by atoms with Crippen LogP contribution in [-0.4, -0.2) is 19.6 Å². The number of rotatable bonds is 3. The van der Waals surface area contributed by atoms with Gasteiger partial charge in [0.05, 0.1) is 0 Å². The molecule has 1 saturated heterocycles. The van der Waals surface area contributed by atoms with Gasteiger partial charge in [0.1, 0.15) is 0 Å². The molecule has 0 aromatic carbocycles. The summed E-state index contributed by atoms with van der Waals surface area (Å²) in [5.74, 6) is 2.42. The van der Waals surface area contributed by atoms with Crippen LogP contribution in [0.4, 0.5) is 0 Å². The van der Waals surface area contributed by atoms with Gasteiger partial charge < -0.3 is 11.1 Å². The van der Waals surface area contributed by atoms with Crippen molar-refractivity contribution in [1.82, 2.24) is 5.32 Å². The molecule has 2 nitrogen and oxygen atoms in total. The molecule has 0 radical (unpaired) electrons. The summed E-state index contributed by atoms with van der Waals surface area (Å²) >= 11 is 0. The highest BCUT2D eigenvalue weighted by molar-refractivity contribution is 4.79. The lowest BCUT2D eigenvalue weighted by atomic mass is 9.81. The van der Waals surface area contributed by atoms with Gasteiger partial charge in [0.15, 0.2) is 0 Å². The predicted octanol–water partition coefficient (Wildman–Crippen LogP) is 1.22. The smallest absolute Gasteiger partial charge is 0.000579 e. The van der Waals surface area contributed by atoms with Gasteiger partial charge in [0.2, 0.25) is 0 Å². The van der Waals surface area contributed by atoms with E-state index in [9.17, 15) is 0 Å². The minimum Gasteiger partial charge on any atom is -0.330 e. The third-order valence-electron chi connectivity index (χ3n) is 2.84. The van der Waals surface area contributed by atoms with Crippen LogP contribution in [0, 0.1) is 17.8 Å². The maximum atomic E-state index is 5.73. The van der Waals surface area contributed by atoms with Gasteiger partial charge in [-0.2, -0.15) is 0 Å². The molecule has 0 aromatic heterocycles. The van der Waals surface area contributed by atoms with E-state index in [1.807, 2.05) is 0 Å². The van der Waals surface area contributed by atoms with Gasteiger partial charge in [-0.05, 0) is 50.2 Å². The van der Waals surface area contributed by atoms with E-state index >= 15 is 0 Å². The van der Waals surface area contributed by atoms with Crippen molar-refractivity contribution in [2.45, 2.75) is 26.7 Å². The second-order valence-electron chi connectivity index (χ2n) is 4.38. The molecule has 0 aliphatic carbocycles. The lowest BCUT2D eigenvalue weighted by Crippen LogP contribution is -2.40. The van der Waals surface area contributed by atoms with E-state index in [0.717, 1.165) is 30.8 Å². The fourth-order valence-electron chi connectivity index (χ4n) is 2.17. The van der Waals surface area contributed by atoms with Crippen LogP contribution in [0.1, 0.15) is 26.7 Å². The first-order valence-corrected chi connectivity index (χ1v) is 5.14. The minimum atomic E-state index is 0.723. The van der Waals surface area contributed by atoms with Gasteiger partial charge in [-0.25, -0.2) is 0 Å². The first kappa shape index (κ1) is 10.0. The van der Waals surface area contributed by atoms with Crippen molar-refractivity contribution >= 4 is 0 Å². The summed E-state index contributed by atoms with van der Waals surface area (Å²) in [5, 5.41) is 3.41. The monoisotopic (exact) mass is 170 g/mol. The predicted molar refractivity (Wildman–Crippen MR) is 53.0 cm³/mol. The lowest BCUT2D eigenvalue weighted by molar-refractivity contribution is 0.225. The normalized spacial score (nSPS) is 31.0. The summed E-state index contributed by atoms with van der Waals surface area (Å²) in [6.07, 6.45) is 2.67. The van der Waals surface area contributed by atoms with E-state index in [1.165, 1.54) is 19.4 Å². The molecule has 2 heteroatoms. The number of nitrogens with two attached hydrogens (primary N) is 1. The molecule has 1 fully saturated rings. The second-order valence-corrected chi connectivity index (χ2v) is 4.38. The molecule has 72 valence electrons. The Bertz CT molecular complexity index is 123. The van der Waals surface area contributed by atoms with E-state index in [2.05, 4.69) is 19.2 Å². The highest BCUT2D eigenvalue weighted by atomic mass is 14.9. The van der Waals surface area contributed by atoms with Crippen LogP contribution in [0.15, 0.2) is 0 Å². The fraction of sp³-hybridized carbons (Fsp3) is 1.00. The Balaban J connectivity index is 2.36. The van der Waals surface area contributed by atoms with E-state index in [1.54, 1.807) is 0 Å². The molecule has 2 unspecified atom stereocenters. The first-order chi connectivity index (χ1) is 5.74. The Labute approximate surface area is 75.9 Å². The molecule has 1 aliphatic rings. The van der Waals surface area contributed by atoms with Crippen molar-refractivity contribution in [3.8, 4) is 0 Å². The standard InChI is InChI=1S/C10H22N2/c1-8(2)5-9-3-4-12-7-10(9)6-11/h8-10,12H,3-7,11H2,1-2H3. The summed E-state index contributed by atoms with van der Waals surface area (Å²) in [6.45, 7) is 7.78. The number of hydrogen-bond acceptors (Lipinski definition) is 2. The Morgan fingerprint density at radius 1 is 1.42 bits per heavy atom. The van der Waals surface area contributed by atoms with E-state index in [0.29, 0.717) is 0 Å². The highest BCUT2D eigenvalue weighted by Crippen LogP contribution is 2.25. The summed E-state index contributed by atoms with van der Waals surface area (Å²) < 4.78 is 0. The Kier molecular flexibility index (Phi) is 4.02. The average molecular weight is 170 g/mol. The van der Waals surface area contributed by atoms with Gasteiger partial charge >= 0.3 is 0 Å². The van der Waals surface area contributed by atoms with Crippen molar-refractivity contribution in [2.75, 3.05) is 19.6 Å². The van der Waals surface area contributed by atoms with Crippen LogP contribution in [0.25, 0.3) is 0 Å². The van der Waals surface area contributed by atoms with Crippen LogP contribution in [-0.2, 0) is 0 Å². The van der Waals surface area contributed by atoms with Crippen molar-refractivity contribution in [2.24, 2.45) is 23.5 Å². The first-order valence-electron chi connectivity index (χ1n) is 5.14. The number of hydrogen-bond donors (Lipinski definition) is 2. The largest absolute Gasteiger partial charge is 0.330 e. The molecular weight excluding hydrogens is 148 g/mol. The zero-order valence-electron chi connectivity index (χ0n) is 8.34. The van der Waals surface area contributed by atoms with Crippen LogP contribution >= 0.6 is 0 Å². The van der Waals surface area contributed by atoms with Crippen molar-refractivity contribution in [3.05, 3.63) is 0 Å². The molecule has 2 atom stereocenters. The van der Waals surface area contributed by atoms with Crippen LogP contribution in [0.5, 0.6) is 0 Å². The van der Waals surface area contributed by atoms with Crippen LogP contribution < -0.4 is 11.1 Å². The fourth-order valence-corrected chi connectivity index (χ4v) is 2.17. The third-order valence-corrected chi connectivity index (χ3v) is 2.84. The quantitative estimate of drug-likeness (QED) is 0.668. The number of piperidine rings is 1. The lowest BCUT2D eigenvalue weighted by Gasteiger charge is -2.32. The Hall–Kier alpha value is -0.0800. The molecule has 0 aromatic rings.